The number of hydrogen-bond acceptors (Lipinski definition) is 1. The van der Waals surface area contributed by atoms with Gasteiger partial charge in [-0.15, -0.1) is 0 Å². The number of aromatic nitrogens is 1. The average Bonchev–Trinajstić information content (AvgIpc) is 2.95. The van der Waals surface area contributed by atoms with Gasteiger partial charge in [-0.05, 0) is 12.1 Å². The van der Waals surface area contributed by atoms with Crippen LogP contribution in [0.25, 0.3) is 0 Å². The van der Waals surface area contributed by atoms with Crippen molar-refractivity contribution in [2.24, 2.45) is 0 Å². The largest absolute Gasteiger partial charge is 0.463 e. The van der Waals surface area contributed by atoms with Crippen molar-refractivity contribution >= 4 is 0 Å². The van der Waals surface area contributed by atoms with E-state index in [1.165, 1.54) is 31.7 Å². The molecule has 3 N–H and O–H groups in total. The van der Waals surface area contributed by atoms with E-state index in [0.717, 1.165) is 18.8 Å². The summed E-state index contributed by atoms with van der Waals surface area (Å²) < 4.78 is 5.43. The summed E-state index contributed by atoms with van der Waals surface area (Å²) in [6, 6.07) is 8.40. The first kappa shape index (κ1) is 12.4. The Morgan fingerprint density at radius 3 is 2.26 bits per heavy atom. The topological polar surface area (TPSA) is 36.2 Å². The lowest BCUT2D eigenvalue weighted by molar-refractivity contribution is -1.02. The third-order valence-corrected chi connectivity index (χ3v) is 3.91. The molecule has 2 aromatic heterocycles. The van der Waals surface area contributed by atoms with E-state index in [1.54, 1.807) is 16.1 Å². The van der Waals surface area contributed by atoms with Crippen LogP contribution in [0.15, 0.2) is 47.3 Å². The highest BCUT2D eigenvalue weighted by molar-refractivity contribution is 5.04. The molecule has 1 fully saturated rings. The Balaban J connectivity index is 1.47. The monoisotopic (exact) mass is 260 g/mol. The summed E-state index contributed by atoms with van der Waals surface area (Å²) in [4.78, 5) is 6.41. The van der Waals surface area contributed by atoms with Crippen molar-refractivity contribution in [3.63, 3.8) is 0 Å². The number of quaternary nitrogens is 2. The van der Waals surface area contributed by atoms with Crippen LogP contribution < -0.4 is 14.8 Å². The molecule has 0 aliphatic carbocycles. The summed E-state index contributed by atoms with van der Waals surface area (Å²) in [5.74, 6) is 1.11. The SMILES string of the molecule is c1coc(C[NH+]2CC[NH+](Cc3cc[nH+]cc3)CC2)c1. The molecule has 0 bridgehead atoms. The van der Waals surface area contributed by atoms with Crippen LogP contribution in [-0.4, -0.2) is 26.2 Å². The standard InChI is InChI=1S/C15H19N3O/c1-2-15(19-11-1)13-18-9-7-17(8-10-18)12-14-3-5-16-6-4-14/h1-6,11H,7-10,12-13H2/p+3. The van der Waals surface area contributed by atoms with Crippen LogP contribution in [0.3, 0.4) is 0 Å². The zero-order valence-corrected chi connectivity index (χ0v) is 11.2. The fraction of sp³-hybridized carbons (Fsp3) is 0.400. The van der Waals surface area contributed by atoms with Crippen molar-refractivity contribution in [2.75, 3.05) is 26.2 Å². The van der Waals surface area contributed by atoms with Crippen molar-refractivity contribution in [1.82, 2.24) is 0 Å². The Kier molecular flexibility index (Phi) is 3.91. The lowest BCUT2D eigenvalue weighted by Gasteiger charge is -2.29. The third kappa shape index (κ3) is 3.43. The maximum Gasteiger partial charge on any atom is 0.167 e. The molecule has 4 nitrogen and oxygen atoms in total. The molecule has 0 saturated carbocycles. The maximum atomic E-state index is 5.43. The van der Waals surface area contributed by atoms with Crippen molar-refractivity contribution in [3.05, 3.63) is 54.2 Å². The summed E-state index contributed by atoms with van der Waals surface area (Å²) in [5.41, 5.74) is 1.42. The minimum atomic E-state index is 1.03. The molecule has 0 aromatic carbocycles. The molecular weight excluding hydrogens is 238 g/mol. The summed E-state index contributed by atoms with van der Waals surface area (Å²) in [6.07, 6.45) is 5.78. The maximum absolute atomic E-state index is 5.43. The Bertz CT molecular complexity index is 475. The first-order chi connectivity index (χ1) is 9.40. The van der Waals surface area contributed by atoms with Gasteiger partial charge in [0.25, 0.3) is 0 Å². The average molecular weight is 260 g/mol. The van der Waals surface area contributed by atoms with E-state index in [4.69, 9.17) is 4.42 Å². The molecule has 1 aliphatic heterocycles. The zero-order chi connectivity index (χ0) is 12.9. The number of rotatable bonds is 4. The second-order valence-electron chi connectivity index (χ2n) is 5.34. The van der Waals surface area contributed by atoms with Crippen LogP contribution in [0, 0.1) is 0 Å². The lowest BCUT2D eigenvalue weighted by atomic mass is 10.2. The van der Waals surface area contributed by atoms with Crippen LogP contribution >= 0.6 is 0 Å². The highest BCUT2D eigenvalue weighted by atomic mass is 16.3. The van der Waals surface area contributed by atoms with E-state index in [9.17, 15) is 0 Å². The number of furan rings is 1. The van der Waals surface area contributed by atoms with E-state index in [1.807, 2.05) is 18.5 Å². The van der Waals surface area contributed by atoms with E-state index in [-0.39, 0.29) is 0 Å². The van der Waals surface area contributed by atoms with Crippen LogP contribution in [-0.2, 0) is 13.1 Å². The first-order valence-corrected chi connectivity index (χ1v) is 7.04. The van der Waals surface area contributed by atoms with Gasteiger partial charge in [-0.3, -0.25) is 0 Å². The van der Waals surface area contributed by atoms with E-state index >= 15 is 0 Å². The summed E-state index contributed by atoms with van der Waals surface area (Å²) in [6.45, 7) is 7.12. The minimum absolute atomic E-state index is 1.03. The predicted molar refractivity (Wildman–Crippen MR) is 70.5 cm³/mol. The highest BCUT2D eigenvalue weighted by Gasteiger charge is 2.23. The quantitative estimate of drug-likeness (QED) is 0.695. The highest BCUT2D eigenvalue weighted by Crippen LogP contribution is 1.96. The molecular formula is C15H22N3O+3. The van der Waals surface area contributed by atoms with Gasteiger partial charge in [0.2, 0.25) is 0 Å². The Hall–Kier alpha value is -1.65. The van der Waals surface area contributed by atoms with E-state index in [2.05, 4.69) is 23.2 Å². The van der Waals surface area contributed by atoms with Crippen molar-refractivity contribution in [3.8, 4) is 0 Å². The third-order valence-electron chi connectivity index (χ3n) is 3.91. The van der Waals surface area contributed by atoms with Crippen LogP contribution in [0.1, 0.15) is 11.3 Å². The van der Waals surface area contributed by atoms with Gasteiger partial charge >= 0.3 is 0 Å². The molecule has 100 valence electrons. The Labute approximate surface area is 113 Å². The molecule has 0 spiro atoms. The molecule has 0 radical (unpaired) electrons. The Morgan fingerprint density at radius 2 is 1.63 bits per heavy atom. The predicted octanol–water partition coefficient (Wildman–Crippen LogP) is -1.42. The van der Waals surface area contributed by atoms with Gasteiger partial charge in [-0.25, -0.2) is 4.98 Å². The number of nitrogens with one attached hydrogen (secondary N) is 3. The van der Waals surface area contributed by atoms with Gasteiger partial charge in [0.05, 0.1) is 6.26 Å². The number of hydrogen-bond donors (Lipinski definition) is 2. The second-order valence-corrected chi connectivity index (χ2v) is 5.34. The lowest BCUT2D eigenvalue weighted by Crippen LogP contribution is -3.27. The molecule has 0 unspecified atom stereocenters. The number of piperazine rings is 1. The number of H-pyrrole nitrogens is 1. The summed E-state index contributed by atoms with van der Waals surface area (Å²) >= 11 is 0. The molecule has 0 amide bonds. The molecule has 3 heterocycles. The molecule has 2 aromatic rings. The van der Waals surface area contributed by atoms with Crippen LogP contribution in [0.2, 0.25) is 0 Å². The van der Waals surface area contributed by atoms with E-state index in [0.29, 0.717) is 0 Å². The van der Waals surface area contributed by atoms with Crippen LogP contribution in [0.4, 0.5) is 0 Å². The fourth-order valence-corrected chi connectivity index (χ4v) is 2.80. The minimum Gasteiger partial charge on any atom is -0.463 e. The van der Waals surface area contributed by atoms with Gasteiger partial charge in [0.1, 0.15) is 39.3 Å². The fourth-order valence-electron chi connectivity index (χ4n) is 2.80. The molecule has 0 atom stereocenters. The number of pyridine rings is 1. The normalized spacial score (nSPS) is 23.4. The molecule has 1 saturated heterocycles. The van der Waals surface area contributed by atoms with Crippen molar-refractivity contribution in [2.45, 2.75) is 13.1 Å². The molecule has 1 aliphatic rings. The molecule has 3 rings (SSSR count). The number of aromatic amines is 1. The Morgan fingerprint density at radius 1 is 0.947 bits per heavy atom. The van der Waals surface area contributed by atoms with Gasteiger partial charge in [-0.1, -0.05) is 0 Å². The van der Waals surface area contributed by atoms with Crippen molar-refractivity contribution in [1.29, 1.82) is 0 Å². The van der Waals surface area contributed by atoms with Crippen LogP contribution in [0.5, 0.6) is 0 Å². The summed E-state index contributed by atoms with van der Waals surface area (Å²) in [5, 5.41) is 0. The first-order valence-electron chi connectivity index (χ1n) is 7.04. The zero-order valence-electron chi connectivity index (χ0n) is 11.2. The molecule has 4 heteroatoms. The smallest absolute Gasteiger partial charge is 0.167 e. The van der Waals surface area contributed by atoms with Gasteiger partial charge in [0, 0.05) is 17.7 Å². The van der Waals surface area contributed by atoms with E-state index < -0.39 is 0 Å². The summed E-state index contributed by atoms with van der Waals surface area (Å²) in [7, 11) is 0. The second kappa shape index (κ2) is 5.99. The van der Waals surface area contributed by atoms with Gasteiger partial charge in [0.15, 0.2) is 18.2 Å². The van der Waals surface area contributed by atoms with Gasteiger partial charge < -0.3 is 14.2 Å². The van der Waals surface area contributed by atoms with Crippen molar-refractivity contribution < 1.29 is 19.2 Å². The van der Waals surface area contributed by atoms with Gasteiger partial charge in [-0.2, -0.15) is 0 Å². The molecule has 19 heavy (non-hydrogen) atoms.